The highest BCUT2D eigenvalue weighted by atomic mass is 79.9. The molecule has 2 unspecified atom stereocenters. The van der Waals surface area contributed by atoms with Gasteiger partial charge in [-0.3, -0.25) is 0 Å². The molecule has 0 aliphatic rings. The van der Waals surface area contributed by atoms with Crippen molar-refractivity contribution in [3.05, 3.63) is 35.4 Å². The Morgan fingerprint density at radius 2 is 1.86 bits per heavy atom. The van der Waals surface area contributed by atoms with Crippen molar-refractivity contribution in [2.75, 3.05) is 6.61 Å². The summed E-state index contributed by atoms with van der Waals surface area (Å²) in [6.45, 7) is -0.447. The summed E-state index contributed by atoms with van der Waals surface area (Å²) in [5.74, 6) is 0. The zero-order valence-corrected chi connectivity index (χ0v) is 9.18. The monoisotopic (exact) mass is 260 g/mol. The fraction of sp³-hybridized carbons (Fsp3) is 0.400. The van der Waals surface area contributed by atoms with Crippen LogP contribution in [-0.4, -0.2) is 28.0 Å². The third-order valence-electron chi connectivity index (χ3n) is 2.07. The summed E-state index contributed by atoms with van der Waals surface area (Å²) in [5, 5.41) is 28.3. The molecule has 3 N–H and O–H groups in total. The SMILES string of the molecule is OCC(O)C(O)c1ccccc1CBr. The molecular formula is C10H13BrO3. The molecule has 14 heavy (non-hydrogen) atoms. The molecule has 0 saturated carbocycles. The van der Waals surface area contributed by atoms with E-state index in [0.717, 1.165) is 5.56 Å². The van der Waals surface area contributed by atoms with E-state index < -0.39 is 18.8 Å². The Balaban J connectivity index is 2.93. The van der Waals surface area contributed by atoms with Crippen LogP contribution in [0.3, 0.4) is 0 Å². The van der Waals surface area contributed by atoms with Crippen LogP contribution >= 0.6 is 15.9 Å². The summed E-state index contributed by atoms with van der Waals surface area (Å²) in [5.41, 5.74) is 1.55. The normalized spacial score (nSPS) is 15.1. The van der Waals surface area contributed by atoms with E-state index in [0.29, 0.717) is 10.9 Å². The van der Waals surface area contributed by atoms with Gasteiger partial charge in [-0.1, -0.05) is 40.2 Å². The molecular weight excluding hydrogens is 248 g/mol. The molecule has 0 radical (unpaired) electrons. The van der Waals surface area contributed by atoms with Gasteiger partial charge in [-0.25, -0.2) is 0 Å². The molecule has 0 fully saturated rings. The van der Waals surface area contributed by atoms with Gasteiger partial charge in [-0.2, -0.15) is 0 Å². The summed E-state index contributed by atoms with van der Waals surface area (Å²) in [6.07, 6.45) is -2.16. The average molecular weight is 261 g/mol. The van der Waals surface area contributed by atoms with Crippen LogP contribution in [0.25, 0.3) is 0 Å². The predicted molar refractivity (Wildman–Crippen MR) is 57.1 cm³/mol. The van der Waals surface area contributed by atoms with Crippen LogP contribution in [0.1, 0.15) is 17.2 Å². The lowest BCUT2D eigenvalue weighted by Crippen LogP contribution is -2.22. The molecule has 2 atom stereocenters. The number of alkyl halides is 1. The van der Waals surface area contributed by atoms with Gasteiger partial charge in [-0.05, 0) is 11.1 Å². The van der Waals surface area contributed by atoms with Crippen LogP contribution in [0, 0.1) is 0 Å². The van der Waals surface area contributed by atoms with Crippen LogP contribution in [-0.2, 0) is 5.33 Å². The second-order valence-corrected chi connectivity index (χ2v) is 3.59. The first-order valence-electron chi connectivity index (χ1n) is 4.31. The number of halogens is 1. The van der Waals surface area contributed by atoms with E-state index in [1.807, 2.05) is 12.1 Å². The van der Waals surface area contributed by atoms with E-state index in [1.165, 1.54) is 0 Å². The fourth-order valence-electron chi connectivity index (χ4n) is 1.25. The maximum atomic E-state index is 9.67. The molecule has 0 aromatic heterocycles. The second kappa shape index (κ2) is 5.46. The maximum absolute atomic E-state index is 9.67. The Hall–Kier alpha value is -0.420. The molecule has 1 aromatic carbocycles. The smallest absolute Gasteiger partial charge is 0.107 e. The minimum Gasteiger partial charge on any atom is -0.394 e. The number of hydrogen-bond donors (Lipinski definition) is 3. The lowest BCUT2D eigenvalue weighted by Gasteiger charge is -2.18. The molecule has 0 spiro atoms. The van der Waals surface area contributed by atoms with Crippen LogP contribution in [0.15, 0.2) is 24.3 Å². The van der Waals surface area contributed by atoms with Crippen molar-refractivity contribution in [1.82, 2.24) is 0 Å². The standard InChI is InChI=1S/C10H13BrO3/c11-5-7-3-1-2-4-8(7)10(14)9(13)6-12/h1-4,9-10,12-14H,5-6H2. The summed E-state index contributed by atoms with van der Waals surface area (Å²) in [6, 6.07) is 7.24. The van der Waals surface area contributed by atoms with Gasteiger partial charge in [0.1, 0.15) is 12.2 Å². The van der Waals surface area contributed by atoms with Gasteiger partial charge in [0.15, 0.2) is 0 Å². The molecule has 0 aliphatic heterocycles. The molecule has 0 saturated heterocycles. The van der Waals surface area contributed by atoms with Crippen LogP contribution < -0.4 is 0 Å². The number of aliphatic hydroxyl groups excluding tert-OH is 3. The van der Waals surface area contributed by atoms with E-state index in [4.69, 9.17) is 5.11 Å². The van der Waals surface area contributed by atoms with E-state index >= 15 is 0 Å². The first-order chi connectivity index (χ1) is 6.70. The van der Waals surface area contributed by atoms with Gasteiger partial charge in [0.2, 0.25) is 0 Å². The first-order valence-corrected chi connectivity index (χ1v) is 5.43. The number of rotatable bonds is 4. The molecule has 4 heteroatoms. The summed E-state index contributed by atoms with van der Waals surface area (Å²) in [7, 11) is 0. The topological polar surface area (TPSA) is 60.7 Å². The lowest BCUT2D eigenvalue weighted by atomic mass is 10.00. The van der Waals surface area contributed by atoms with Crippen molar-refractivity contribution in [3.8, 4) is 0 Å². The molecule has 0 amide bonds. The van der Waals surface area contributed by atoms with Crippen molar-refractivity contribution in [1.29, 1.82) is 0 Å². The lowest BCUT2D eigenvalue weighted by molar-refractivity contribution is -0.0155. The van der Waals surface area contributed by atoms with Crippen molar-refractivity contribution in [2.45, 2.75) is 17.5 Å². The van der Waals surface area contributed by atoms with E-state index in [9.17, 15) is 10.2 Å². The predicted octanol–water partition coefficient (Wildman–Crippen LogP) is 0.968. The number of benzene rings is 1. The van der Waals surface area contributed by atoms with Crippen molar-refractivity contribution in [2.24, 2.45) is 0 Å². The Bertz CT molecular complexity index is 290. The summed E-state index contributed by atoms with van der Waals surface area (Å²) in [4.78, 5) is 0. The molecule has 78 valence electrons. The van der Waals surface area contributed by atoms with Gasteiger partial charge in [-0.15, -0.1) is 0 Å². The van der Waals surface area contributed by atoms with Gasteiger partial charge < -0.3 is 15.3 Å². The minimum atomic E-state index is -1.13. The Labute approximate surface area is 91.1 Å². The van der Waals surface area contributed by atoms with Gasteiger partial charge in [0.05, 0.1) is 6.61 Å². The fourth-order valence-corrected chi connectivity index (χ4v) is 1.76. The zero-order valence-electron chi connectivity index (χ0n) is 7.60. The molecule has 3 nitrogen and oxygen atoms in total. The molecule has 0 bridgehead atoms. The van der Waals surface area contributed by atoms with Gasteiger partial charge in [0.25, 0.3) is 0 Å². The Kier molecular flexibility index (Phi) is 4.54. The average Bonchev–Trinajstić information content (AvgIpc) is 2.26. The Morgan fingerprint density at radius 3 is 2.43 bits per heavy atom. The number of hydrogen-bond acceptors (Lipinski definition) is 3. The molecule has 0 aliphatic carbocycles. The molecule has 1 aromatic rings. The minimum absolute atomic E-state index is 0.447. The highest BCUT2D eigenvalue weighted by molar-refractivity contribution is 9.08. The third kappa shape index (κ3) is 2.54. The summed E-state index contributed by atoms with van der Waals surface area (Å²) < 4.78 is 0. The largest absolute Gasteiger partial charge is 0.394 e. The molecule has 0 heterocycles. The number of aliphatic hydroxyl groups is 3. The van der Waals surface area contributed by atoms with Gasteiger partial charge in [0, 0.05) is 5.33 Å². The van der Waals surface area contributed by atoms with Gasteiger partial charge >= 0.3 is 0 Å². The first kappa shape index (κ1) is 11.7. The van der Waals surface area contributed by atoms with Crippen molar-refractivity contribution in [3.63, 3.8) is 0 Å². The highest BCUT2D eigenvalue weighted by Gasteiger charge is 2.19. The van der Waals surface area contributed by atoms with Crippen molar-refractivity contribution < 1.29 is 15.3 Å². The third-order valence-corrected chi connectivity index (χ3v) is 2.67. The maximum Gasteiger partial charge on any atom is 0.107 e. The highest BCUT2D eigenvalue weighted by Crippen LogP contribution is 2.22. The van der Waals surface area contributed by atoms with E-state index in [2.05, 4.69) is 15.9 Å². The quantitative estimate of drug-likeness (QED) is 0.708. The van der Waals surface area contributed by atoms with E-state index in [1.54, 1.807) is 12.1 Å². The second-order valence-electron chi connectivity index (χ2n) is 3.03. The molecule has 1 rings (SSSR count). The zero-order chi connectivity index (χ0) is 10.6. The van der Waals surface area contributed by atoms with Crippen molar-refractivity contribution >= 4 is 15.9 Å². The van der Waals surface area contributed by atoms with Crippen LogP contribution in [0.5, 0.6) is 0 Å². The van der Waals surface area contributed by atoms with Crippen LogP contribution in [0.4, 0.5) is 0 Å². The van der Waals surface area contributed by atoms with Crippen LogP contribution in [0.2, 0.25) is 0 Å². The Morgan fingerprint density at radius 1 is 1.21 bits per heavy atom. The van der Waals surface area contributed by atoms with E-state index in [-0.39, 0.29) is 0 Å². The summed E-state index contributed by atoms with van der Waals surface area (Å²) >= 11 is 3.29.